The van der Waals surface area contributed by atoms with Gasteiger partial charge < -0.3 is 30.1 Å². The molecular formula is C31H36N6O4. The molecule has 10 nitrogen and oxygen atoms in total. The minimum atomic E-state index is -0.215. The molecule has 2 fully saturated rings. The summed E-state index contributed by atoms with van der Waals surface area (Å²) >= 11 is 0. The van der Waals surface area contributed by atoms with E-state index in [9.17, 15) is 9.90 Å². The molecule has 3 aromatic rings. The van der Waals surface area contributed by atoms with Crippen molar-refractivity contribution in [2.24, 2.45) is 4.99 Å². The molecule has 0 aliphatic carbocycles. The number of nitrogens with zero attached hydrogens (tertiary/aromatic N) is 4. The number of hydrogen-bond donors (Lipinski definition) is 3. The highest BCUT2D eigenvalue weighted by Gasteiger charge is 2.22. The molecule has 1 amide bonds. The van der Waals surface area contributed by atoms with E-state index in [4.69, 9.17) is 19.4 Å². The van der Waals surface area contributed by atoms with E-state index in [0.717, 1.165) is 72.8 Å². The van der Waals surface area contributed by atoms with Crippen molar-refractivity contribution in [1.29, 1.82) is 0 Å². The Kier molecular flexibility index (Phi) is 8.11. The summed E-state index contributed by atoms with van der Waals surface area (Å²) in [5.74, 6) is 1.97. The van der Waals surface area contributed by atoms with E-state index < -0.39 is 0 Å². The fourth-order valence-corrected chi connectivity index (χ4v) is 5.58. The molecule has 3 aliphatic rings. The lowest BCUT2D eigenvalue weighted by Gasteiger charge is -2.31. The molecule has 1 aromatic heterocycles. The first kappa shape index (κ1) is 27.2. The smallest absolute Gasteiger partial charge is 0.251 e. The number of carbonyl (C=O) groups is 1. The zero-order valence-corrected chi connectivity index (χ0v) is 23.3. The number of methoxy groups -OCH3 is 1. The molecule has 10 heteroatoms. The maximum atomic E-state index is 12.9. The molecule has 0 unspecified atom stereocenters. The van der Waals surface area contributed by atoms with Crippen LogP contribution in [-0.4, -0.2) is 72.8 Å². The molecule has 0 radical (unpaired) electrons. The lowest BCUT2D eigenvalue weighted by Crippen LogP contribution is -2.38. The minimum Gasteiger partial charge on any atom is -0.496 e. The monoisotopic (exact) mass is 556 g/mol. The molecule has 41 heavy (non-hydrogen) atoms. The maximum Gasteiger partial charge on any atom is 0.251 e. The van der Waals surface area contributed by atoms with Gasteiger partial charge in [-0.2, -0.15) is 0 Å². The Morgan fingerprint density at radius 2 is 1.93 bits per heavy atom. The van der Waals surface area contributed by atoms with E-state index in [2.05, 4.69) is 38.7 Å². The van der Waals surface area contributed by atoms with Crippen molar-refractivity contribution in [2.45, 2.75) is 50.7 Å². The Morgan fingerprint density at radius 3 is 2.73 bits per heavy atom. The standard InChI is InChI=1S/C31H36N6O4/c1-40-27-19-24(37-13-8-25(38)9-14-37)6-5-20(27)18-28-35-26-7-12-32-29(26)30(36-28)33-23-4-2-3-21(17-23)31(39)34-22-10-15-41-16-11-22/h2-6,12,17,19,22,25,38H,7-11,13-16,18H2,1H3,(H,34,39)(H,33,35,36). The number of aliphatic hydroxyl groups excluding tert-OH is 1. The van der Waals surface area contributed by atoms with Crippen LogP contribution < -0.4 is 20.3 Å². The number of piperidine rings is 1. The first-order valence-corrected chi connectivity index (χ1v) is 14.3. The minimum absolute atomic E-state index is 0.0940. The molecule has 0 saturated carbocycles. The number of aromatic nitrogens is 2. The summed E-state index contributed by atoms with van der Waals surface area (Å²) < 4.78 is 11.2. The molecule has 0 spiro atoms. The normalized spacial score (nSPS) is 17.4. The Morgan fingerprint density at radius 1 is 1.10 bits per heavy atom. The van der Waals surface area contributed by atoms with Gasteiger partial charge in [0.25, 0.3) is 5.91 Å². The maximum absolute atomic E-state index is 12.9. The number of amides is 1. The van der Waals surface area contributed by atoms with E-state index in [1.54, 1.807) is 7.11 Å². The zero-order chi connectivity index (χ0) is 28.2. The van der Waals surface area contributed by atoms with Crippen LogP contribution in [0.25, 0.3) is 0 Å². The Bertz CT molecular complexity index is 1430. The van der Waals surface area contributed by atoms with Gasteiger partial charge in [0, 0.05) is 80.0 Å². The number of benzene rings is 2. The number of ether oxygens (including phenoxy) is 2. The SMILES string of the molecule is COc1cc(N2CCC(O)CC2)ccc1Cc1nc2c(c(Nc3cccc(C(=O)NC4CCOCC4)c3)n1)N=CC2. The van der Waals surface area contributed by atoms with Crippen LogP contribution in [0, 0.1) is 0 Å². The molecule has 0 atom stereocenters. The molecule has 3 aliphatic heterocycles. The topological polar surface area (TPSA) is 121 Å². The second kappa shape index (κ2) is 12.2. The lowest BCUT2D eigenvalue weighted by atomic mass is 10.1. The summed E-state index contributed by atoms with van der Waals surface area (Å²) in [7, 11) is 1.68. The zero-order valence-electron chi connectivity index (χ0n) is 23.3. The van der Waals surface area contributed by atoms with Crippen LogP contribution in [0.3, 0.4) is 0 Å². The third-order valence-electron chi connectivity index (χ3n) is 7.90. The Balaban J connectivity index is 1.20. The fourth-order valence-electron chi connectivity index (χ4n) is 5.58. The summed E-state index contributed by atoms with van der Waals surface area (Å²) in [6.07, 6.45) is 5.97. The number of aliphatic hydroxyl groups is 1. The summed E-state index contributed by atoms with van der Waals surface area (Å²) in [6, 6.07) is 13.8. The molecule has 2 aromatic carbocycles. The van der Waals surface area contributed by atoms with Gasteiger partial charge in [-0.1, -0.05) is 12.1 Å². The summed E-state index contributed by atoms with van der Waals surface area (Å²) in [4.78, 5) is 29.4. The second-order valence-corrected chi connectivity index (χ2v) is 10.8. The molecule has 3 N–H and O–H groups in total. The summed E-state index contributed by atoms with van der Waals surface area (Å²) in [6.45, 7) is 3.00. The van der Waals surface area contributed by atoms with E-state index in [0.29, 0.717) is 43.3 Å². The number of rotatable bonds is 8. The molecule has 2 saturated heterocycles. The van der Waals surface area contributed by atoms with Crippen molar-refractivity contribution >= 4 is 35.0 Å². The van der Waals surface area contributed by atoms with Gasteiger partial charge >= 0.3 is 0 Å². The average Bonchev–Trinajstić information content (AvgIpc) is 3.48. The highest BCUT2D eigenvalue weighted by atomic mass is 16.5. The predicted octanol–water partition coefficient (Wildman–Crippen LogP) is 3.95. The fraction of sp³-hybridized carbons (Fsp3) is 0.419. The molecule has 4 heterocycles. The predicted molar refractivity (Wildman–Crippen MR) is 158 cm³/mol. The number of aliphatic imine (C=N–C) groups is 1. The van der Waals surface area contributed by atoms with Crippen LogP contribution in [0.1, 0.15) is 53.1 Å². The molecule has 214 valence electrons. The lowest BCUT2D eigenvalue weighted by molar-refractivity contribution is 0.0696. The van der Waals surface area contributed by atoms with E-state index >= 15 is 0 Å². The Hall–Kier alpha value is -4.02. The Labute approximate surface area is 239 Å². The van der Waals surface area contributed by atoms with Gasteiger partial charge in [-0.15, -0.1) is 0 Å². The summed E-state index contributed by atoms with van der Waals surface area (Å²) in [5, 5.41) is 16.4. The highest BCUT2D eigenvalue weighted by Crippen LogP contribution is 2.34. The van der Waals surface area contributed by atoms with Crippen molar-refractivity contribution in [3.05, 3.63) is 65.1 Å². The number of hydrogen-bond acceptors (Lipinski definition) is 9. The van der Waals surface area contributed by atoms with Gasteiger partial charge in [0.2, 0.25) is 0 Å². The third kappa shape index (κ3) is 6.34. The van der Waals surface area contributed by atoms with E-state index in [1.807, 2.05) is 30.5 Å². The third-order valence-corrected chi connectivity index (χ3v) is 7.90. The van der Waals surface area contributed by atoms with Crippen LogP contribution >= 0.6 is 0 Å². The van der Waals surface area contributed by atoms with E-state index in [1.165, 1.54) is 0 Å². The quantitative estimate of drug-likeness (QED) is 0.382. The summed E-state index contributed by atoms with van der Waals surface area (Å²) in [5.41, 5.74) is 5.01. The van der Waals surface area contributed by atoms with Gasteiger partial charge in [-0.05, 0) is 49.9 Å². The van der Waals surface area contributed by atoms with Crippen molar-refractivity contribution in [3.8, 4) is 5.75 Å². The number of carbonyl (C=O) groups excluding carboxylic acids is 1. The van der Waals surface area contributed by atoms with Gasteiger partial charge in [0.15, 0.2) is 5.82 Å². The van der Waals surface area contributed by atoms with E-state index in [-0.39, 0.29) is 18.1 Å². The van der Waals surface area contributed by atoms with Crippen molar-refractivity contribution < 1.29 is 19.4 Å². The number of fused-ring (bicyclic) bond motifs is 1. The van der Waals surface area contributed by atoms with Crippen LogP contribution in [0.5, 0.6) is 5.75 Å². The second-order valence-electron chi connectivity index (χ2n) is 10.8. The van der Waals surface area contributed by atoms with Crippen LogP contribution in [0.4, 0.5) is 22.9 Å². The van der Waals surface area contributed by atoms with Crippen molar-refractivity contribution in [3.63, 3.8) is 0 Å². The van der Waals surface area contributed by atoms with Gasteiger partial charge in [-0.25, -0.2) is 9.97 Å². The number of nitrogens with one attached hydrogen (secondary N) is 2. The average molecular weight is 557 g/mol. The van der Waals surface area contributed by atoms with Crippen LogP contribution in [-0.2, 0) is 17.6 Å². The van der Waals surface area contributed by atoms with Crippen molar-refractivity contribution in [1.82, 2.24) is 15.3 Å². The molecule has 0 bridgehead atoms. The van der Waals surface area contributed by atoms with Crippen LogP contribution in [0.2, 0.25) is 0 Å². The number of anilines is 3. The van der Waals surface area contributed by atoms with Crippen molar-refractivity contribution in [2.75, 3.05) is 43.6 Å². The van der Waals surface area contributed by atoms with Gasteiger partial charge in [0.05, 0.1) is 18.9 Å². The van der Waals surface area contributed by atoms with Crippen LogP contribution in [0.15, 0.2) is 47.5 Å². The van der Waals surface area contributed by atoms with Gasteiger partial charge in [-0.3, -0.25) is 9.79 Å². The largest absolute Gasteiger partial charge is 0.496 e. The highest BCUT2D eigenvalue weighted by molar-refractivity contribution is 5.95. The van der Waals surface area contributed by atoms with Gasteiger partial charge in [0.1, 0.15) is 17.3 Å². The first-order valence-electron chi connectivity index (χ1n) is 14.3. The molecule has 6 rings (SSSR count). The first-order chi connectivity index (χ1) is 20.1. The molecular weight excluding hydrogens is 520 g/mol.